The molecule has 2 aromatic rings. The van der Waals surface area contributed by atoms with Crippen LogP contribution >= 0.6 is 27.5 Å². The van der Waals surface area contributed by atoms with Crippen molar-refractivity contribution in [2.45, 2.75) is 17.9 Å². The van der Waals surface area contributed by atoms with Crippen LogP contribution in [0.5, 0.6) is 5.75 Å². The molecular formula is C16H11BrClF2NO5S. The summed E-state index contributed by atoms with van der Waals surface area (Å²) in [6.07, 6.45) is -0.818. The maximum Gasteiger partial charge on any atom is 0.303 e. The zero-order valence-corrected chi connectivity index (χ0v) is 16.7. The average molecular weight is 483 g/mol. The molecule has 0 unspecified atom stereocenters. The molecule has 1 aliphatic rings. The first kappa shape index (κ1) is 19.8. The Kier molecular flexibility index (Phi) is 5.33. The lowest BCUT2D eigenvalue weighted by Crippen LogP contribution is -2.15. The fourth-order valence-corrected chi connectivity index (χ4v) is 4.43. The maximum absolute atomic E-state index is 14.1. The van der Waals surface area contributed by atoms with Gasteiger partial charge in [0.2, 0.25) is 0 Å². The number of anilines is 1. The van der Waals surface area contributed by atoms with Gasteiger partial charge in [0.05, 0.1) is 10.2 Å². The number of ether oxygens (including phenoxy) is 2. The molecule has 11 heteroatoms. The molecule has 0 aromatic heterocycles. The van der Waals surface area contributed by atoms with Gasteiger partial charge in [0, 0.05) is 17.5 Å². The number of fused-ring (bicyclic) bond motifs is 1. The summed E-state index contributed by atoms with van der Waals surface area (Å²) >= 11 is 8.70. The molecule has 0 fully saturated rings. The van der Waals surface area contributed by atoms with Crippen LogP contribution in [0.3, 0.4) is 0 Å². The number of carbonyl (C=O) groups is 1. The predicted molar refractivity (Wildman–Crippen MR) is 96.3 cm³/mol. The molecule has 27 heavy (non-hydrogen) atoms. The standard InChI is InChI=1S/C16H11BrClF2NO5S/c1-7(22)26-12-6-25-16-9(12)4-8(18)5-13(16)27(23,24)21-11-3-2-10(19)14(17)15(11)20/h2-5,12,21H,6H2,1H3/t12-/m1/s1. The van der Waals surface area contributed by atoms with Crippen LogP contribution < -0.4 is 9.46 Å². The molecule has 0 amide bonds. The van der Waals surface area contributed by atoms with Crippen LogP contribution in [0.15, 0.2) is 33.6 Å². The fourth-order valence-electron chi connectivity index (χ4n) is 2.53. The summed E-state index contributed by atoms with van der Waals surface area (Å²) in [5, 5.41) is 0.0533. The van der Waals surface area contributed by atoms with E-state index in [9.17, 15) is 22.0 Å². The summed E-state index contributed by atoms with van der Waals surface area (Å²) in [5.74, 6) is -2.63. The fraction of sp³-hybridized carbons (Fsp3) is 0.188. The van der Waals surface area contributed by atoms with E-state index in [1.54, 1.807) is 0 Å². The molecule has 0 spiro atoms. The van der Waals surface area contributed by atoms with Crippen molar-refractivity contribution in [2.75, 3.05) is 11.3 Å². The van der Waals surface area contributed by atoms with E-state index in [0.717, 1.165) is 18.2 Å². The van der Waals surface area contributed by atoms with Crippen LogP contribution in [0.2, 0.25) is 5.02 Å². The van der Waals surface area contributed by atoms with E-state index in [2.05, 4.69) is 15.9 Å². The Bertz CT molecular complexity index is 1050. The van der Waals surface area contributed by atoms with Crippen LogP contribution in [0.4, 0.5) is 14.5 Å². The maximum atomic E-state index is 14.1. The van der Waals surface area contributed by atoms with Crippen molar-refractivity contribution in [3.05, 3.63) is 51.0 Å². The van der Waals surface area contributed by atoms with Gasteiger partial charge in [-0.1, -0.05) is 11.6 Å². The second kappa shape index (κ2) is 7.25. The molecule has 0 saturated carbocycles. The number of hydrogen-bond acceptors (Lipinski definition) is 5. The normalized spacial score (nSPS) is 15.8. The Hall–Kier alpha value is -1.91. The molecule has 6 nitrogen and oxygen atoms in total. The van der Waals surface area contributed by atoms with Crippen molar-refractivity contribution in [3.8, 4) is 5.75 Å². The van der Waals surface area contributed by atoms with E-state index >= 15 is 0 Å². The third kappa shape index (κ3) is 3.87. The number of nitrogens with one attached hydrogen (secondary N) is 1. The number of halogens is 4. The minimum absolute atomic E-state index is 0.0533. The Morgan fingerprint density at radius 2 is 2.07 bits per heavy atom. The number of sulfonamides is 1. The molecule has 0 bridgehead atoms. The van der Waals surface area contributed by atoms with Gasteiger partial charge < -0.3 is 9.47 Å². The third-order valence-electron chi connectivity index (χ3n) is 3.65. The zero-order chi connectivity index (χ0) is 19.9. The van der Waals surface area contributed by atoms with Gasteiger partial charge >= 0.3 is 5.97 Å². The van der Waals surface area contributed by atoms with Crippen LogP contribution in [0, 0.1) is 11.6 Å². The molecule has 1 aliphatic heterocycles. The Morgan fingerprint density at radius 3 is 2.74 bits per heavy atom. The molecule has 3 rings (SSSR count). The Morgan fingerprint density at radius 1 is 1.37 bits per heavy atom. The highest BCUT2D eigenvalue weighted by molar-refractivity contribution is 9.10. The smallest absolute Gasteiger partial charge is 0.303 e. The first-order chi connectivity index (χ1) is 12.6. The lowest BCUT2D eigenvalue weighted by molar-refractivity contribution is -0.147. The van der Waals surface area contributed by atoms with Crippen LogP contribution in [0.1, 0.15) is 18.6 Å². The number of hydrogen-bond donors (Lipinski definition) is 1. The number of rotatable bonds is 4. The minimum Gasteiger partial charge on any atom is -0.487 e. The van der Waals surface area contributed by atoms with Crippen molar-refractivity contribution < 1.29 is 31.5 Å². The number of benzene rings is 2. The Labute approximate surface area is 166 Å². The lowest BCUT2D eigenvalue weighted by Gasteiger charge is -2.13. The molecule has 0 aliphatic carbocycles. The number of carbonyl (C=O) groups excluding carboxylic acids is 1. The molecular weight excluding hydrogens is 472 g/mol. The zero-order valence-electron chi connectivity index (χ0n) is 13.6. The summed E-state index contributed by atoms with van der Waals surface area (Å²) in [4.78, 5) is 10.8. The van der Waals surface area contributed by atoms with Crippen molar-refractivity contribution in [3.63, 3.8) is 0 Å². The molecule has 0 saturated heterocycles. The van der Waals surface area contributed by atoms with Gasteiger partial charge in [0.15, 0.2) is 11.9 Å². The van der Waals surface area contributed by atoms with E-state index in [4.69, 9.17) is 21.1 Å². The van der Waals surface area contributed by atoms with Gasteiger partial charge in [-0.05, 0) is 40.2 Å². The monoisotopic (exact) mass is 481 g/mol. The van der Waals surface area contributed by atoms with Crippen molar-refractivity contribution in [2.24, 2.45) is 0 Å². The second-order valence-electron chi connectivity index (χ2n) is 5.56. The molecule has 144 valence electrons. The topological polar surface area (TPSA) is 81.7 Å². The summed E-state index contributed by atoms with van der Waals surface area (Å²) in [7, 11) is -4.35. The predicted octanol–water partition coefficient (Wildman–Crippen LogP) is 4.18. The molecule has 1 heterocycles. The highest BCUT2D eigenvalue weighted by Crippen LogP contribution is 2.42. The van der Waals surface area contributed by atoms with Crippen LogP contribution in [0.25, 0.3) is 0 Å². The SMILES string of the molecule is CC(=O)O[C@@H]1COc2c1cc(Cl)cc2S(=O)(=O)Nc1ccc(F)c(Br)c1F. The van der Waals surface area contributed by atoms with Crippen molar-refractivity contribution in [1.82, 2.24) is 0 Å². The van der Waals surface area contributed by atoms with E-state index in [0.29, 0.717) is 0 Å². The lowest BCUT2D eigenvalue weighted by atomic mass is 10.1. The summed E-state index contributed by atoms with van der Waals surface area (Å²) in [5.41, 5.74) is -0.189. The summed E-state index contributed by atoms with van der Waals surface area (Å²) < 4.78 is 65.0. The first-order valence-electron chi connectivity index (χ1n) is 7.40. The van der Waals surface area contributed by atoms with E-state index in [1.807, 2.05) is 4.72 Å². The highest BCUT2D eigenvalue weighted by Gasteiger charge is 2.34. The minimum atomic E-state index is -4.35. The van der Waals surface area contributed by atoms with Crippen molar-refractivity contribution >= 4 is 49.2 Å². The van der Waals surface area contributed by atoms with Gasteiger partial charge in [-0.2, -0.15) is 0 Å². The summed E-state index contributed by atoms with van der Waals surface area (Å²) in [6.45, 7) is 1.12. The molecule has 1 atom stereocenters. The van der Waals surface area contributed by atoms with E-state index < -0.39 is 43.9 Å². The quantitative estimate of drug-likeness (QED) is 0.522. The van der Waals surface area contributed by atoms with Gasteiger partial charge in [-0.3, -0.25) is 9.52 Å². The van der Waals surface area contributed by atoms with Gasteiger partial charge in [-0.25, -0.2) is 17.2 Å². The molecule has 0 radical (unpaired) electrons. The van der Waals surface area contributed by atoms with Gasteiger partial charge in [-0.15, -0.1) is 0 Å². The van der Waals surface area contributed by atoms with Crippen LogP contribution in [-0.2, 0) is 19.6 Å². The van der Waals surface area contributed by atoms with Crippen molar-refractivity contribution in [1.29, 1.82) is 0 Å². The average Bonchev–Trinajstić information content (AvgIpc) is 2.96. The Balaban J connectivity index is 2.04. The van der Waals surface area contributed by atoms with E-state index in [-0.39, 0.29) is 27.8 Å². The first-order valence-corrected chi connectivity index (χ1v) is 10.1. The van der Waals surface area contributed by atoms with E-state index in [1.165, 1.54) is 13.0 Å². The summed E-state index contributed by atoms with van der Waals surface area (Å²) in [6, 6.07) is 4.39. The number of esters is 1. The third-order valence-corrected chi connectivity index (χ3v) is 5.97. The van der Waals surface area contributed by atoms with Gasteiger partial charge in [0.25, 0.3) is 10.0 Å². The van der Waals surface area contributed by atoms with Gasteiger partial charge in [0.1, 0.15) is 23.1 Å². The molecule has 1 N–H and O–H groups in total. The highest BCUT2D eigenvalue weighted by atomic mass is 79.9. The van der Waals surface area contributed by atoms with Crippen LogP contribution in [-0.4, -0.2) is 21.0 Å². The largest absolute Gasteiger partial charge is 0.487 e. The second-order valence-corrected chi connectivity index (χ2v) is 8.44. The molecule has 2 aromatic carbocycles.